The van der Waals surface area contributed by atoms with Gasteiger partial charge in [0.15, 0.2) is 5.78 Å². The maximum atomic E-state index is 13.0. The lowest BCUT2D eigenvalue weighted by Gasteiger charge is -2.10. The van der Waals surface area contributed by atoms with Crippen molar-refractivity contribution in [3.63, 3.8) is 0 Å². The predicted molar refractivity (Wildman–Crippen MR) is 103 cm³/mol. The molecule has 0 bridgehead atoms. The van der Waals surface area contributed by atoms with Gasteiger partial charge in [-0.15, -0.1) is 0 Å². The van der Waals surface area contributed by atoms with Gasteiger partial charge in [-0.2, -0.15) is 0 Å². The summed E-state index contributed by atoms with van der Waals surface area (Å²) in [6.07, 6.45) is 7.86. The minimum atomic E-state index is -0.196. The van der Waals surface area contributed by atoms with Crippen LogP contribution >= 0.6 is 0 Å². The number of hydrogen-bond acceptors (Lipinski definition) is 3. The van der Waals surface area contributed by atoms with Crippen molar-refractivity contribution in [2.75, 3.05) is 0 Å². The summed E-state index contributed by atoms with van der Waals surface area (Å²) in [5.41, 5.74) is 2.99. The normalized spacial score (nSPS) is 11.7. The Kier molecular flexibility index (Phi) is 5.42. The lowest BCUT2D eigenvalue weighted by atomic mass is 9.97. The van der Waals surface area contributed by atoms with Crippen LogP contribution in [0.25, 0.3) is 5.52 Å². The summed E-state index contributed by atoms with van der Waals surface area (Å²) in [6, 6.07) is 12.5. The molecule has 0 aliphatic rings. The fourth-order valence-electron chi connectivity index (χ4n) is 3.09. The van der Waals surface area contributed by atoms with Crippen LogP contribution in [0.3, 0.4) is 0 Å². The molecule has 0 N–H and O–H groups in total. The third-order valence-corrected chi connectivity index (χ3v) is 4.29. The third-order valence-electron chi connectivity index (χ3n) is 4.29. The molecule has 4 nitrogen and oxygen atoms in total. The summed E-state index contributed by atoms with van der Waals surface area (Å²) in [4.78, 5) is 30.1. The Morgan fingerprint density at radius 1 is 1.12 bits per heavy atom. The molecule has 0 aliphatic carbocycles. The van der Waals surface area contributed by atoms with E-state index in [0.29, 0.717) is 17.0 Å². The number of ketones is 2. The highest BCUT2D eigenvalue weighted by Gasteiger charge is 2.19. The second-order valence-corrected chi connectivity index (χ2v) is 6.19. The number of aromatic nitrogens is 2. The maximum Gasteiger partial charge on any atom is 0.228 e. The second-order valence-electron chi connectivity index (χ2n) is 6.19. The van der Waals surface area contributed by atoms with Crippen LogP contribution in [-0.2, 0) is 0 Å². The van der Waals surface area contributed by atoms with Crippen molar-refractivity contribution in [3.05, 3.63) is 83.5 Å². The van der Waals surface area contributed by atoms with Gasteiger partial charge in [-0.1, -0.05) is 32.4 Å². The quantitative estimate of drug-likeness (QED) is 0.452. The van der Waals surface area contributed by atoms with E-state index in [9.17, 15) is 9.59 Å². The summed E-state index contributed by atoms with van der Waals surface area (Å²) >= 11 is 0. The Labute approximate surface area is 153 Å². The van der Waals surface area contributed by atoms with Crippen molar-refractivity contribution in [2.24, 2.45) is 0 Å². The van der Waals surface area contributed by atoms with Crippen molar-refractivity contribution in [2.45, 2.75) is 33.1 Å². The Balaban J connectivity index is 2.10. The number of allylic oxidation sites excluding steroid dienone is 2. The first-order valence-electron chi connectivity index (χ1n) is 8.96. The SMILES string of the molecule is CC/C=C(/CCC)C(=O)c1cc(C(=O)c2ccccn2)n2cccc2c1. The molecule has 0 spiro atoms. The standard InChI is InChI=1S/C22H22N2O2/c1-3-8-16(9-4-2)21(25)17-14-18-10-7-13-24(18)20(15-17)22(26)19-11-5-6-12-23-19/h5-8,10-15H,3-4,9H2,1-2H3/b16-8-. The molecular formula is C22H22N2O2. The van der Waals surface area contributed by atoms with E-state index in [2.05, 4.69) is 11.9 Å². The van der Waals surface area contributed by atoms with Crippen molar-refractivity contribution >= 4 is 17.1 Å². The Bertz CT molecular complexity index is 968. The zero-order chi connectivity index (χ0) is 18.5. The molecule has 0 fully saturated rings. The van der Waals surface area contributed by atoms with Gasteiger partial charge in [0.1, 0.15) is 5.69 Å². The van der Waals surface area contributed by atoms with E-state index in [1.165, 1.54) is 0 Å². The number of Topliss-reactive ketones (excluding diaryl/α,β-unsaturated/α-hetero) is 1. The van der Waals surface area contributed by atoms with Gasteiger partial charge in [-0.05, 0) is 54.8 Å². The average Bonchev–Trinajstić information content (AvgIpc) is 3.15. The number of pyridine rings is 2. The van der Waals surface area contributed by atoms with Crippen molar-refractivity contribution in [1.82, 2.24) is 9.38 Å². The largest absolute Gasteiger partial charge is 0.314 e. The highest BCUT2D eigenvalue weighted by atomic mass is 16.1. The van der Waals surface area contributed by atoms with E-state index in [-0.39, 0.29) is 11.6 Å². The van der Waals surface area contributed by atoms with Gasteiger partial charge >= 0.3 is 0 Å². The highest BCUT2D eigenvalue weighted by Crippen LogP contribution is 2.20. The minimum Gasteiger partial charge on any atom is -0.314 e. The first kappa shape index (κ1) is 17.8. The first-order chi connectivity index (χ1) is 12.7. The van der Waals surface area contributed by atoms with Crippen LogP contribution in [0.15, 0.2) is 66.5 Å². The molecule has 0 aromatic carbocycles. The summed E-state index contributed by atoms with van der Waals surface area (Å²) in [7, 11) is 0. The molecule has 3 aromatic rings. The Morgan fingerprint density at radius 3 is 2.65 bits per heavy atom. The summed E-state index contributed by atoms with van der Waals surface area (Å²) in [6.45, 7) is 4.08. The molecule has 0 saturated carbocycles. The molecule has 3 rings (SSSR count). The number of fused-ring (bicyclic) bond motifs is 1. The Morgan fingerprint density at radius 2 is 1.96 bits per heavy atom. The third kappa shape index (κ3) is 3.49. The van der Waals surface area contributed by atoms with E-state index in [4.69, 9.17) is 0 Å². The van der Waals surface area contributed by atoms with Gasteiger partial charge in [0, 0.05) is 23.5 Å². The van der Waals surface area contributed by atoms with Crippen LogP contribution in [0.4, 0.5) is 0 Å². The lowest BCUT2D eigenvalue weighted by Crippen LogP contribution is -2.12. The number of hydrogen-bond donors (Lipinski definition) is 0. The van der Waals surface area contributed by atoms with Crippen LogP contribution in [0.2, 0.25) is 0 Å². The predicted octanol–water partition coefficient (Wildman–Crippen LogP) is 4.88. The monoisotopic (exact) mass is 346 g/mol. The molecule has 132 valence electrons. The van der Waals surface area contributed by atoms with Gasteiger partial charge in [0.25, 0.3) is 0 Å². The fourth-order valence-corrected chi connectivity index (χ4v) is 3.09. The van der Waals surface area contributed by atoms with Crippen LogP contribution < -0.4 is 0 Å². The smallest absolute Gasteiger partial charge is 0.228 e. The van der Waals surface area contributed by atoms with Crippen molar-refractivity contribution < 1.29 is 9.59 Å². The molecule has 0 aliphatic heterocycles. The van der Waals surface area contributed by atoms with E-state index in [1.807, 2.05) is 37.4 Å². The van der Waals surface area contributed by atoms with E-state index in [0.717, 1.165) is 30.4 Å². The fraction of sp³-hybridized carbons (Fsp3) is 0.227. The van der Waals surface area contributed by atoms with E-state index in [1.54, 1.807) is 34.9 Å². The zero-order valence-electron chi connectivity index (χ0n) is 15.1. The van der Waals surface area contributed by atoms with Gasteiger partial charge in [0.05, 0.1) is 5.69 Å². The van der Waals surface area contributed by atoms with Crippen molar-refractivity contribution in [3.8, 4) is 0 Å². The molecule has 0 radical (unpaired) electrons. The Hall–Kier alpha value is -3.01. The number of carbonyl (C=O) groups is 2. The molecular weight excluding hydrogens is 324 g/mol. The topological polar surface area (TPSA) is 51.4 Å². The number of rotatable bonds is 7. The number of nitrogens with zero attached hydrogens (tertiary/aromatic N) is 2. The molecule has 0 saturated heterocycles. The minimum absolute atomic E-state index is 0.00697. The molecule has 26 heavy (non-hydrogen) atoms. The maximum absolute atomic E-state index is 13.0. The molecule has 3 heterocycles. The van der Waals surface area contributed by atoms with Crippen LogP contribution in [-0.4, -0.2) is 21.0 Å². The van der Waals surface area contributed by atoms with Gasteiger partial charge < -0.3 is 4.40 Å². The molecule has 0 unspecified atom stereocenters. The highest BCUT2D eigenvalue weighted by molar-refractivity contribution is 6.12. The van der Waals surface area contributed by atoms with Crippen molar-refractivity contribution in [1.29, 1.82) is 0 Å². The molecule has 0 atom stereocenters. The molecule has 3 aromatic heterocycles. The lowest BCUT2D eigenvalue weighted by molar-refractivity contribution is 0.102. The second kappa shape index (κ2) is 7.91. The first-order valence-corrected chi connectivity index (χ1v) is 8.96. The van der Waals surface area contributed by atoms with Gasteiger partial charge in [-0.25, -0.2) is 0 Å². The van der Waals surface area contributed by atoms with Crippen LogP contribution in [0, 0.1) is 0 Å². The summed E-state index contributed by atoms with van der Waals surface area (Å²) in [5.74, 6) is -0.203. The van der Waals surface area contributed by atoms with Crippen LogP contribution in [0.5, 0.6) is 0 Å². The van der Waals surface area contributed by atoms with E-state index >= 15 is 0 Å². The summed E-state index contributed by atoms with van der Waals surface area (Å²) in [5, 5.41) is 0. The van der Waals surface area contributed by atoms with Crippen LogP contribution in [0.1, 0.15) is 59.7 Å². The van der Waals surface area contributed by atoms with Gasteiger partial charge in [-0.3, -0.25) is 14.6 Å². The molecule has 0 amide bonds. The number of carbonyl (C=O) groups excluding carboxylic acids is 2. The average molecular weight is 346 g/mol. The summed E-state index contributed by atoms with van der Waals surface area (Å²) < 4.78 is 1.80. The van der Waals surface area contributed by atoms with E-state index < -0.39 is 0 Å². The van der Waals surface area contributed by atoms with Gasteiger partial charge in [0.2, 0.25) is 5.78 Å². The zero-order valence-corrected chi connectivity index (χ0v) is 15.1. The molecule has 4 heteroatoms.